The number of hydrogen-bond acceptors (Lipinski definition) is 4. The Balaban J connectivity index is 1.67. The van der Waals surface area contributed by atoms with Crippen LogP contribution in [0.2, 0.25) is 0 Å². The van der Waals surface area contributed by atoms with Gasteiger partial charge < -0.3 is 10.1 Å². The molecule has 144 valence electrons. The fourth-order valence-corrected chi connectivity index (χ4v) is 2.96. The molecule has 3 rings (SSSR count). The summed E-state index contributed by atoms with van der Waals surface area (Å²) in [6.45, 7) is 5.50. The van der Waals surface area contributed by atoms with Gasteiger partial charge in [0.05, 0.1) is 17.1 Å². The fraction of sp³-hybridized carbons (Fsp3) is 0.227. The lowest BCUT2D eigenvalue weighted by Crippen LogP contribution is -2.35. The Morgan fingerprint density at radius 1 is 1.04 bits per heavy atom. The summed E-state index contributed by atoms with van der Waals surface area (Å²) in [7, 11) is 0. The largest absolute Gasteiger partial charge is 0.449 e. The number of ether oxygens (including phenoxy) is 1. The highest BCUT2D eigenvalue weighted by Gasteiger charge is 2.24. The molecule has 0 radical (unpaired) electrons. The molecule has 3 aromatic rings. The molecule has 6 nitrogen and oxygen atoms in total. The topological polar surface area (TPSA) is 73.2 Å². The summed E-state index contributed by atoms with van der Waals surface area (Å²) in [6.07, 6.45) is -0.907. The monoisotopic (exact) mass is 377 g/mol. The molecule has 1 aromatic heterocycles. The summed E-state index contributed by atoms with van der Waals surface area (Å²) in [5, 5.41) is 7.22. The molecular weight excluding hydrogens is 354 g/mol. The van der Waals surface area contributed by atoms with E-state index in [2.05, 4.69) is 10.4 Å². The van der Waals surface area contributed by atoms with Gasteiger partial charge in [0, 0.05) is 6.54 Å². The maximum atomic E-state index is 12.7. The second-order valence-corrected chi connectivity index (χ2v) is 6.54. The quantitative estimate of drug-likeness (QED) is 0.669. The molecule has 1 amide bonds. The van der Waals surface area contributed by atoms with E-state index in [-0.39, 0.29) is 5.91 Å². The normalized spacial score (nSPS) is 11.7. The van der Waals surface area contributed by atoms with Gasteiger partial charge in [0.15, 0.2) is 6.10 Å². The van der Waals surface area contributed by atoms with Crippen molar-refractivity contribution in [3.8, 4) is 5.69 Å². The Bertz CT molecular complexity index is 965. The highest BCUT2D eigenvalue weighted by molar-refractivity contribution is 5.94. The van der Waals surface area contributed by atoms with Crippen LogP contribution in [-0.4, -0.2) is 27.8 Å². The highest BCUT2D eigenvalue weighted by Crippen LogP contribution is 2.19. The third kappa shape index (κ3) is 4.28. The standard InChI is InChI=1S/C22H23N3O3/c1-15-20(16(2)25(24-15)19-12-8-5-9-13-19)22(27)28-17(3)21(26)23-14-18-10-6-4-7-11-18/h4-13,17H,14H2,1-3H3,(H,23,26)/t17-/m1/s1. The van der Waals surface area contributed by atoms with Crippen molar-refractivity contribution < 1.29 is 14.3 Å². The van der Waals surface area contributed by atoms with E-state index < -0.39 is 12.1 Å². The number of benzene rings is 2. The fourth-order valence-electron chi connectivity index (χ4n) is 2.96. The molecule has 1 heterocycles. The molecule has 0 aliphatic heterocycles. The number of aryl methyl sites for hydroxylation is 1. The van der Waals surface area contributed by atoms with Crippen LogP contribution in [0.3, 0.4) is 0 Å². The molecule has 0 spiro atoms. The van der Waals surface area contributed by atoms with Crippen LogP contribution in [-0.2, 0) is 16.1 Å². The van der Waals surface area contributed by atoms with Gasteiger partial charge in [-0.1, -0.05) is 48.5 Å². The third-order valence-electron chi connectivity index (χ3n) is 4.46. The number of carbonyl (C=O) groups is 2. The zero-order chi connectivity index (χ0) is 20.1. The summed E-state index contributed by atoms with van der Waals surface area (Å²) < 4.78 is 7.09. The van der Waals surface area contributed by atoms with E-state index in [1.807, 2.05) is 67.6 Å². The summed E-state index contributed by atoms with van der Waals surface area (Å²) >= 11 is 0. The molecule has 28 heavy (non-hydrogen) atoms. The molecule has 0 saturated carbocycles. The molecule has 0 aliphatic carbocycles. The molecule has 0 unspecified atom stereocenters. The van der Waals surface area contributed by atoms with Crippen LogP contribution >= 0.6 is 0 Å². The first-order chi connectivity index (χ1) is 13.5. The van der Waals surface area contributed by atoms with Crippen LogP contribution in [0.15, 0.2) is 60.7 Å². The first-order valence-corrected chi connectivity index (χ1v) is 9.11. The molecule has 1 atom stereocenters. The molecule has 6 heteroatoms. The van der Waals surface area contributed by atoms with E-state index in [4.69, 9.17) is 4.74 Å². The average Bonchev–Trinajstić information content (AvgIpc) is 3.01. The van der Waals surface area contributed by atoms with E-state index in [1.54, 1.807) is 18.5 Å². The molecule has 0 aliphatic rings. The minimum atomic E-state index is -0.907. The smallest absolute Gasteiger partial charge is 0.342 e. The molecule has 2 aromatic carbocycles. The third-order valence-corrected chi connectivity index (χ3v) is 4.46. The van der Waals surface area contributed by atoms with Crippen LogP contribution in [0.1, 0.15) is 34.2 Å². The van der Waals surface area contributed by atoms with Crippen LogP contribution in [0.25, 0.3) is 5.69 Å². The first kappa shape index (κ1) is 19.4. The summed E-state index contributed by atoms with van der Waals surface area (Å²) in [4.78, 5) is 24.9. The van der Waals surface area contributed by atoms with Crippen molar-refractivity contribution in [2.24, 2.45) is 0 Å². The summed E-state index contributed by atoms with van der Waals surface area (Å²) in [6, 6.07) is 19.1. The highest BCUT2D eigenvalue weighted by atomic mass is 16.5. The molecule has 1 N–H and O–H groups in total. The van der Waals surface area contributed by atoms with Gasteiger partial charge in [-0.2, -0.15) is 5.10 Å². The number of nitrogens with zero attached hydrogens (tertiary/aromatic N) is 2. The zero-order valence-corrected chi connectivity index (χ0v) is 16.2. The minimum absolute atomic E-state index is 0.344. The van der Waals surface area contributed by atoms with Crippen LogP contribution < -0.4 is 5.32 Å². The lowest BCUT2D eigenvalue weighted by atomic mass is 10.2. The Kier molecular flexibility index (Phi) is 5.89. The molecular formula is C22H23N3O3. The average molecular weight is 377 g/mol. The van der Waals surface area contributed by atoms with Crippen molar-refractivity contribution in [3.63, 3.8) is 0 Å². The number of nitrogens with one attached hydrogen (secondary N) is 1. The zero-order valence-electron chi connectivity index (χ0n) is 16.2. The predicted octanol–water partition coefficient (Wildman–Crippen LogP) is 3.35. The van der Waals surface area contributed by atoms with Crippen molar-refractivity contribution in [2.75, 3.05) is 0 Å². The Labute approximate surface area is 164 Å². The van der Waals surface area contributed by atoms with E-state index in [0.717, 1.165) is 11.3 Å². The van der Waals surface area contributed by atoms with E-state index in [9.17, 15) is 9.59 Å². The molecule has 0 fully saturated rings. The minimum Gasteiger partial charge on any atom is -0.449 e. The second-order valence-electron chi connectivity index (χ2n) is 6.54. The van der Waals surface area contributed by atoms with Crippen molar-refractivity contribution in [2.45, 2.75) is 33.4 Å². The van der Waals surface area contributed by atoms with Gasteiger partial charge in [0.2, 0.25) is 0 Å². The number of hydrogen-bond donors (Lipinski definition) is 1. The number of rotatable bonds is 6. The Hall–Kier alpha value is -3.41. The number of amides is 1. The molecule has 0 saturated heterocycles. The molecule has 0 bridgehead atoms. The SMILES string of the molecule is Cc1nn(-c2ccccc2)c(C)c1C(=O)O[C@H](C)C(=O)NCc1ccccc1. The summed E-state index contributed by atoms with van der Waals surface area (Å²) in [5.41, 5.74) is 3.45. The van der Waals surface area contributed by atoms with E-state index >= 15 is 0 Å². The van der Waals surface area contributed by atoms with E-state index in [0.29, 0.717) is 23.5 Å². The van der Waals surface area contributed by atoms with Crippen LogP contribution in [0, 0.1) is 13.8 Å². The Morgan fingerprint density at radius 2 is 1.64 bits per heavy atom. The van der Waals surface area contributed by atoms with Gasteiger partial charge >= 0.3 is 5.97 Å². The van der Waals surface area contributed by atoms with Gasteiger partial charge in [-0.15, -0.1) is 0 Å². The predicted molar refractivity (Wildman–Crippen MR) is 106 cm³/mol. The van der Waals surface area contributed by atoms with Crippen molar-refractivity contribution in [1.29, 1.82) is 0 Å². The van der Waals surface area contributed by atoms with Gasteiger partial charge in [-0.05, 0) is 38.5 Å². The van der Waals surface area contributed by atoms with Gasteiger partial charge in [0.1, 0.15) is 5.56 Å². The maximum absolute atomic E-state index is 12.7. The number of esters is 1. The van der Waals surface area contributed by atoms with Crippen molar-refractivity contribution in [3.05, 3.63) is 83.2 Å². The summed E-state index contributed by atoms with van der Waals surface area (Å²) in [5.74, 6) is -0.900. The van der Waals surface area contributed by atoms with Crippen molar-refractivity contribution >= 4 is 11.9 Å². The van der Waals surface area contributed by atoms with Crippen molar-refractivity contribution in [1.82, 2.24) is 15.1 Å². The second kappa shape index (κ2) is 8.52. The van der Waals surface area contributed by atoms with Gasteiger partial charge in [-0.25, -0.2) is 9.48 Å². The van der Waals surface area contributed by atoms with Gasteiger partial charge in [0.25, 0.3) is 5.91 Å². The van der Waals surface area contributed by atoms with Crippen LogP contribution in [0.5, 0.6) is 0 Å². The lowest BCUT2D eigenvalue weighted by molar-refractivity contribution is -0.129. The van der Waals surface area contributed by atoms with Gasteiger partial charge in [-0.3, -0.25) is 4.79 Å². The first-order valence-electron chi connectivity index (χ1n) is 9.11. The maximum Gasteiger partial charge on any atom is 0.342 e. The lowest BCUT2D eigenvalue weighted by Gasteiger charge is -2.14. The van der Waals surface area contributed by atoms with E-state index in [1.165, 1.54) is 0 Å². The van der Waals surface area contributed by atoms with Crippen LogP contribution in [0.4, 0.5) is 0 Å². The number of aromatic nitrogens is 2. The number of para-hydroxylation sites is 1. The number of carbonyl (C=O) groups excluding carboxylic acids is 2. The Morgan fingerprint density at radius 3 is 2.29 bits per heavy atom.